The maximum Gasteiger partial charge on any atom is 0.240 e. The molecule has 0 aromatic heterocycles. The Morgan fingerprint density at radius 1 is 1.60 bits per heavy atom. The van der Waals surface area contributed by atoms with E-state index in [0.29, 0.717) is 12.5 Å². The highest BCUT2D eigenvalue weighted by Crippen LogP contribution is 2.10. The summed E-state index contributed by atoms with van der Waals surface area (Å²) in [7, 11) is 0. The predicted molar refractivity (Wildman–Crippen MR) is 58.5 cm³/mol. The molecule has 1 fully saturated rings. The first kappa shape index (κ1) is 12.2. The largest absolute Gasteiger partial charge is 0.333 e. The molecule has 0 saturated carbocycles. The standard InChI is InChI=1S/C11H20N2O2/c1-8(2)6-10-11(15)13(5-4-12-10)7-9(3)14/h8,10,12H,4-7H2,1-3H3. The van der Waals surface area contributed by atoms with Crippen LogP contribution in [0.4, 0.5) is 0 Å². The van der Waals surface area contributed by atoms with Crippen LogP contribution in [0.3, 0.4) is 0 Å². The number of carbonyl (C=O) groups excluding carboxylic acids is 2. The fraction of sp³-hybridized carbons (Fsp3) is 0.818. The van der Waals surface area contributed by atoms with Crippen LogP contribution in [0.25, 0.3) is 0 Å². The summed E-state index contributed by atoms with van der Waals surface area (Å²) in [4.78, 5) is 24.5. The van der Waals surface area contributed by atoms with E-state index in [9.17, 15) is 9.59 Å². The highest BCUT2D eigenvalue weighted by Gasteiger charge is 2.28. The second kappa shape index (κ2) is 5.26. The van der Waals surface area contributed by atoms with E-state index in [4.69, 9.17) is 0 Å². The van der Waals surface area contributed by atoms with Crippen molar-refractivity contribution in [3.05, 3.63) is 0 Å². The number of hydrogen-bond donors (Lipinski definition) is 1. The summed E-state index contributed by atoms with van der Waals surface area (Å²) in [6.07, 6.45) is 0.841. The average molecular weight is 212 g/mol. The third-order valence-corrected chi connectivity index (χ3v) is 2.50. The van der Waals surface area contributed by atoms with Crippen LogP contribution in [0.15, 0.2) is 0 Å². The second-order valence-corrected chi connectivity index (χ2v) is 4.60. The Balaban J connectivity index is 2.54. The van der Waals surface area contributed by atoms with Crippen molar-refractivity contribution in [1.29, 1.82) is 0 Å². The molecule has 4 heteroatoms. The van der Waals surface area contributed by atoms with Crippen molar-refractivity contribution in [2.24, 2.45) is 5.92 Å². The van der Waals surface area contributed by atoms with Crippen molar-refractivity contribution in [1.82, 2.24) is 10.2 Å². The molecule has 1 rings (SSSR count). The molecule has 1 saturated heterocycles. The van der Waals surface area contributed by atoms with E-state index in [2.05, 4.69) is 19.2 Å². The summed E-state index contributed by atoms with van der Waals surface area (Å²) < 4.78 is 0. The minimum absolute atomic E-state index is 0.0496. The summed E-state index contributed by atoms with van der Waals surface area (Å²) in [6.45, 7) is 7.41. The van der Waals surface area contributed by atoms with Crippen LogP contribution in [-0.2, 0) is 9.59 Å². The number of piperazine rings is 1. The monoisotopic (exact) mass is 212 g/mol. The van der Waals surface area contributed by atoms with Gasteiger partial charge in [0, 0.05) is 13.1 Å². The highest BCUT2D eigenvalue weighted by atomic mass is 16.2. The Bertz CT molecular complexity index is 251. The molecule has 1 atom stereocenters. The van der Waals surface area contributed by atoms with Gasteiger partial charge in [-0.15, -0.1) is 0 Å². The zero-order chi connectivity index (χ0) is 11.4. The average Bonchev–Trinajstić information content (AvgIpc) is 2.10. The maximum atomic E-state index is 11.9. The van der Waals surface area contributed by atoms with Crippen molar-refractivity contribution in [3.8, 4) is 0 Å². The molecule has 0 bridgehead atoms. The Labute approximate surface area is 91.0 Å². The molecule has 86 valence electrons. The summed E-state index contributed by atoms with van der Waals surface area (Å²) in [5.41, 5.74) is 0. The lowest BCUT2D eigenvalue weighted by Gasteiger charge is -2.33. The molecular formula is C11H20N2O2. The first-order chi connectivity index (χ1) is 7.00. The second-order valence-electron chi connectivity index (χ2n) is 4.60. The predicted octanol–water partition coefficient (Wildman–Crippen LogP) is 0.422. The van der Waals surface area contributed by atoms with Gasteiger partial charge in [-0.25, -0.2) is 0 Å². The molecule has 1 aliphatic rings. The fourth-order valence-corrected chi connectivity index (χ4v) is 1.87. The first-order valence-corrected chi connectivity index (χ1v) is 5.52. The normalized spacial score (nSPS) is 22.3. The maximum absolute atomic E-state index is 11.9. The number of carbonyl (C=O) groups is 2. The van der Waals surface area contributed by atoms with E-state index in [-0.39, 0.29) is 24.3 Å². The van der Waals surface area contributed by atoms with Crippen LogP contribution in [0.2, 0.25) is 0 Å². The summed E-state index contributed by atoms with van der Waals surface area (Å²) >= 11 is 0. The van der Waals surface area contributed by atoms with E-state index < -0.39 is 0 Å². The van der Waals surface area contributed by atoms with Crippen LogP contribution in [-0.4, -0.2) is 42.3 Å². The Morgan fingerprint density at radius 2 is 2.27 bits per heavy atom. The van der Waals surface area contributed by atoms with Gasteiger partial charge < -0.3 is 10.2 Å². The van der Waals surface area contributed by atoms with E-state index in [0.717, 1.165) is 13.0 Å². The molecule has 0 radical (unpaired) electrons. The topological polar surface area (TPSA) is 49.4 Å². The minimum Gasteiger partial charge on any atom is -0.333 e. The molecule has 1 N–H and O–H groups in total. The Morgan fingerprint density at radius 3 is 2.80 bits per heavy atom. The van der Waals surface area contributed by atoms with Crippen molar-refractivity contribution >= 4 is 11.7 Å². The zero-order valence-corrected chi connectivity index (χ0v) is 9.75. The molecule has 1 unspecified atom stereocenters. The van der Waals surface area contributed by atoms with E-state index >= 15 is 0 Å². The van der Waals surface area contributed by atoms with Gasteiger partial charge >= 0.3 is 0 Å². The van der Waals surface area contributed by atoms with Gasteiger partial charge in [0.2, 0.25) is 5.91 Å². The number of nitrogens with zero attached hydrogens (tertiary/aromatic N) is 1. The van der Waals surface area contributed by atoms with Gasteiger partial charge in [0.25, 0.3) is 0 Å². The van der Waals surface area contributed by atoms with Crippen LogP contribution in [0.5, 0.6) is 0 Å². The summed E-state index contributed by atoms with van der Waals surface area (Å²) in [5, 5.41) is 3.20. The van der Waals surface area contributed by atoms with Gasteiger partial charge in [0.05, 0.1) is 12.6 Å². The molecule has 0 aromatic rings. The van der Waals surface area contributed by atoms with Gasteiger partial charge in [0.15, 0.2) is 0 Å². The van der Waals surface area contributed by atoms with Gasteiger partial charge in [-0.3, -0.25) is 9.59 Å². The number of Topliss-reactive ketones (excluding diaryl/α,β-unsaturated/α-hetero) is 1. The molecule has 1 aliphatic heterocycles. The molecular weight excluding hydrogens is 192 g/mol. The fourth-order valence-electron chi connectivity index (χ4n) is 1.87. The van der Waals surface area contributed by atoms with Crippen molar-refractivity contribution in [2.45, 2.75) is 33.2 Å². The van der Waals surface area contributed by atoms with Crippen LogP contribution < -0.4 is 5.32 Å². The van der Waals surface area contributed by atoms with Gasteiger partial charge in [-0.1, -0.05) is 13.8 Å². The summed E-state index contributed by atoms with van der Waals surface area (Å²) in [5.74, 6) is 0.613. The van der Waals surface area contributed by atoms with Crippen LogP contribution >= 0.6 is 0 Å². The first-order valence-electron chi connectivity index (χ1n) is 5.52. The van der Waals surface area contributed by atoms with Gasteiger partial charge in [-0.05, 0) is 19.3 Å². The number of ketones is 1. The molecule has 1 heterocycles. The van der Waals surface area contributed by atoms with E-state index in [1.54, 1.807) is 4.90 Å². The van der Waals surface area contributed by atoms with E-state index in [1.807, 2.05) is 0 Å². The van der Waals surface area contributed by atoms with Gasteiger partial charge in [-0.2, -0.15) is 0 Å². The molecule has 0 spiro atoms. The van der Waals surface area contributed by atoms with Crippen molar-refractivity contribution in [2.75, 3.05) is 19.6 Å². The highest BCUT2D eigenvalue weighted by molar-refractivity contribution is 5.87. The van der Waals surface area contributed by atoms with E-state index in [1.165, 1.54) is 6.92 Å². The molecule has 1 amide bonds. The van der Waals surface area contributed by atoms with Crippen LogP contribution in [0, 0.1) is 5.92 Å². The molecule has 0 aromatic carbocycles. The number of nitrogens with one attached hydrogen (secondary N) is 1. The molecule has 0 aliphatic carbocycles. The minimum atomic E-state index is -0.0990. The van der Waals surface area contributed by atoms with Crippen molar-refractivity contribution < 1.29 is 9.59 Å². The third kappa shape index (κ3) is 3.63. The quantitative estimate of drug-likeness (QED) is 0.735. The number of rotatable bonds is 4. The lowest BCUT2D eigenvalue weighted by Crippen LogP contribution is -2.56. The Hall–Kier alpha value is -0.900. The van der Waals surface area contributed by atoms with Crippen LogP contribution in [0.1, 0.15) is 27.2 Å². The Kier molecular flexibility index (Phi) is 4.27. The van der Waals surface area contributed by atoms with Gasteiger partial charge in [0.1, 0.15) is 5.78 Å². The lowest BCUT2D eigenvalue weighted by molar-refractivity contribution is -0.139. The zero-order valence-electron chi connectivity index (χ0n) is 9.75. The third-order valence-electron chi connectivity index (χ3n) is 2.50. The molecule has 4 nitrogen and oxygen atoms in total. The lowest BCUT2D eigenvalue weighted by atomic mass is 10.0. The van der Waals surface area contributed by atoms with Crippen molar-refractivity contribution in [3.63, 3.8) is 0 Å². The molecule has 15 heavy (non-hydrogen) atoms. The SMILES string of the molecule is CC(=O)CN1CCNC(CC(C)C)C1=O. The number of amides is 1. The smallest absolute Gasteiger partial charge is 0.240 e. The summed E-state index contributed by atoms with van der Waals surface area (Å²) in [6, 6.07) is -0.0990. The number of hydrogen-bond acceptors (Lipinski definition) is 3.